The molecular formula is C22H21F3N2O3. The zero-order chi connectivity index (χ0) is 21.9. The highest BCUT2D eigenvalue weighted by Gasteiger charge is 2.31. The van der Waals surface area contributed by atoms with E-state index < -0.39 is 17.6 Å². The summed E-state index contributed by atoms with van der Waals surface area (Å²) >= 11 is 0. The number of anilines is 1. The van der Waals surface area contributed by atoms with E-state index in [4.69, 9.17) is 9.47 Å². The lowest BCUT2D eigenvalue weighted by atomic mass is 10.0. The molecule has 0 aliphatic rings. The molecule has 8 heteroatoms. The fourth-order valence-electron chi connectivity index (χ4n) is 3.01. The lowest BCUT2D eigenvalue weighted by Crippen LogP contribution is -2.16. The molecule has 1 aromatic heterocycles. The molecule has 0 fully saturated rings. The molecule has 30 heavy (non-hydrogen) atoms. The third-order valence-electron chi connectivity index (χ3n) is 4.44. The van der Waals surface area contributed by atoms with Gasteiger partial charge < -0.3 is 14.8 Å². The van der Waals surface area contributed by atoms with Crippen molar-refractivity contribution in [2.45, 2.75) is 20.0 Å². The molecule has 0 atom stereocenters. The molecule has 0 bridgehead atoms. The van der Waals surface area contributed by atoms with Gasteiger partial charge >= 0.3 is 6.18 Å². The number of hydrogen-bond donors (Lipinski definition) is 1. The second kappa shape index (κ2) is 8.71. The Morgan fingerprint density at radius 2 is 1.83 bits per heavy atom. The summed E-state index contributed by atoms with van der Waals surface area (Å²) in [6.07, 6.45) is -4.55. The minimum Gasteiger partial charge on any atom is -0.489 e. The molecule has 2 aromatic carbocycles. The van der Waals surface area contributed by atoms with Gasteiger partial charge in [-0.2, -0.15) is 13.2 Å². The van der Waals surface area contributed by atoms with Crippen LogP contribution in [0.3, 0.4) is 0 Å². The lowest BCUT2D eigenvalue weighted by molar-refractivity contribution is -0.137. The summed E-state index contributed by atoms with van der Waals surface area (Å²) in [6, 6.07) is 10.1. The van der Waals surface area contributed by atoms with E-state index in [9.17, 15) is 18.0 Å². The number of amides is 1. The van der Waals surface area contributed by atoms with E-state index in [0.29, 0.717) is 22.2 Å². The van der Waals surface area contributed by atoms with E-state index in [0.717, 1.165) is 17.7 Å². The fourth-order valence-corrected chi connectivity index (χ4v) is 3.01. The van der Waals surface area contributed by atoms with Gasteiger partial charge in [0, 0.05) is 18.2 Å². The van der Waals surface area contributed by atoms with Gasteiger partial charge in [-0.15, -0.1) is 0 Å². The smallest absolute Gasteiger partial charge is 0.416 e. The van der Waals surface area contributed by atoms with E-state index in [1.807, 2.05) is 19.1 Å². The molecule has 0 unspecified atom stereocenters. The average Bonchev–Trinajstić information content (AvgIpc) is 2.68. The number of ether oxygens (including phenoxy) is 2. The molecule has 0 saturated carbocycles. The maximum atomic E-state index is 13.2. The fraction of sp³-hybridized carbons (Fsp3) is 0.273. The summed E-state index contributed by atoms with van der Waals surface area (Å²) in [5, 5.41) is 3.19. The minimum atomic E-state index is -4.55. The second-order valence-electron chi connectivity index (χ2n) is 6.84. The molecule has 1 N–H and O–H groups in total. The lowest BCUT2D eigenvalue weighted by Gasteiger charge is -2.16. The van der Waals surface area contributed by atoms with Crippen LogP contribution < -0.4 is 10.1 Å². The number of pyridine rings is 1. The molecule has 1 amide bonds. The molecule has 158 valence electrons. The first-order valence-corrected chi connectivity index (χ1v) is 9.21. The first-order valence-electron chi connectivity index (χ1n) is 9.21. The molecule has 0 aliphatic carbocycles. The van der Waals surface area contributed by atoms with E-state index in [2.05, 4.69) is 10.3 Å². The van der Waals surface area contributed by atoms with Gasteiger partial charge in [0.2, 0.25) is 0 Å². The average molecular weight is 418 g/mol. The first kappa shape index (κ1) is 21.6. The number of methoxy groups -OCH3 is 1. The van der Waals surface area contributed by atoms with Crippen LogP contribution in [0.2, 0.25) is 0 Å². The minimum absolute atomic E-state index is 0.0683. The number of benzene rings is 2. The van der Waals surface area contributed by atoms with Gasteiger partial charge in [-0.05, 0) is 50.2 Å². The topological polar surface area (TPSA) is 60.5 Å². The molecule has 0 radical (unpaired) electrons. The van der Waals surface area contributed by atoms with Gasteiger partial charge in [0.1, 0.15) is 12.4 Å². The Labute approximate surface area is 171 Å². The van der Waals surface area contributed by atoms with Crippen LogP contribution in [0.1, 0.15) is 27.2 Å². The quantitative estimate of drug-likeness (QED) is 0.563. The first-order chi connectivity index (χ1) is 14.2. The predicted molar refractivity (Wildman–Crippen MR) is 108 cm³/mol. The molecule has 1 heterocycles. The van der Waals surface area contributed by atoms with Crippen LogP contribution in [0, 0.1) is 13.8 Å². The number of carbonyl (C=O) groups excluding carboxylic acids is 1. The second-order valence-corrected chi connectivity index (χ2v) is 6.84. The molecule has 0 spiro atoms. The van der Waals surface area contributed by atoms with Crippen LogP contribution in [0.4, 0.5) is 18.9 Å². The molecule has 3 rings (SSSR count). The van der Waals surface area contributed by atoms with Crippen molar-refractivity contribution < 1.29 is 27.4 Å². The Morgan fingerprint density at radius 3 is 2.53 bits per heavy atom. The summed E-state index contributed by atoms with van der Waals surface area (Å²) in [6.45, 7) is 4.01. The number of aromatic nitrogens is 1. The van der Waals surface area contributed by atoms with E-state index in [-0.39, 0.29) is 24.7 Å². The van der Waals surface area contributed by atoms with Crippen LogP contribution in [0.5, 0.6) is 5.75 Å². The van der Waals surface area contributed by atoms with Gasteiger partial charge in [0.05, 0.1) is 28.9 Å². The summed E-state index contributed by atoms with van der Waals surface area (Å²) < 4.78 is 50.0. The van der Waals surface area contributed by atoms with Crippen molar-refractivity contribution in [1.29, 1.82) is 0 Å². The number of nitrogens with one attached hydrogen (secondary N) is 1. The highest BCUT2D eigenvalue weighted by molar-refractivity contribution is 6.13. The van der Waals surface area contributed by atoms with E-state index >= 15 is 0 Å². The molecule has 0 aliphatic heterocycles. The largest absolute Gasteiger partial charge is 0.489 e. The van der Waals surface area contributed by atoms with Crippen LogP contribution in [-0.2, 0) is 10.9 Å². The summed E-state index contributed by atoms with van der Waals surface area (Å²) in [7, 11) is 1.48. The number of fused-ring (bicyclic) bond motifs is 1. The zero-order valence-electron chi connectivity index (χ0n) is 16.8. The van der Waals surface area contributed by atoms with Gasteiger partial charge in [0.15, 0.2) is 0 Å². The van der Waals surface area contributed by atoms with Crippen molar-refractivity contribution in [1.82, 2.24) is 4.98 Å². The highest BCUT2D eigenvalue weighted by Crippen LogP contribution is 2.35. The number of aryl methyl sites for hydroxylation is 2. The number of alkyl halides is 3. The Kier molecular flexibility index (Phi) is 6.26. The Hall–Kier alpha value is -3.13. The summed E-state index contributed by atoms with van der Waals surface area (Å²) in [4.78, 5) is 17.4. The van der Waals surface area contributed by atoms with Crippen LogP contribution in [0.15, 0.2) is 42.5 Å². The molecular weight excluding hydrogens is 397 g/mol. The predicted octanol–water partition coefficient (Wildman–Crippen LogP) is 5.15. The van der Waals surface area contributed by atoms with E-state index in [1.54, 1.807) is 19.1 Å². The van der Waals surface area contributed by atoms with Crippen LogP contribution >= 0.6 is 0 Å². The van der Waals surface area contributed by atoms with E-state index in [1.165, 1.54) is 13.2 Å². The number of carbonyl (C=O) groups is 1. The zero-order valence-corrected chi connectivity index (χ0v) is 16.8. The monoisotopic (exact) mass is 418 g/mol. The Morgan fingerprint density at radius 1 is 1.07 bits per heavy atom. The van der Waals surface area contributed by atoms with Crippen LogP contribution in [-0.4, -0.2) is 31.2 Å². The molecule has 0 saturated heterocycles. The number of rotatable bonds is 6. The molecule has 3 aromatic rings. The Bertz CT molecular complexity index is 1080. The van der Waals surface area contributed by atoms with Crippen LogP contribution in [0.25, 0.3) is 10.9 Å². The third kappa shape index (κ3) is 4.88. The number of nitrogens with zero attached hydrogens (tertiary/aromatic N) is 1. The van der Waals surface area contributed by atoms with Gasteiger partial charge in [0.25, 0.3) is 5.91 Å². The summed E-state index contributed by atoms with van der Waals surface area (Å²) in [5.41, 5.74) is 1.56. The van der Waals surface area contributed by atoms with Crippen molar-refractivity contribution in [2.24, 2.45) is 0 Å². The highest BCUT2D eigenvalue weighted by atomic mass is 19.4. The number of halogens is 3. The normalized spacial score (nSPS) is 11.5. The summed E-state index contributed by atoms with van der Waals surface area (Å²) in [5.74, 6) is -0.424. The Balaban J connectivity index is 2.01. The van der Waals surface area contributed by atoms with Gasteiger partial charge in [-0.1, -0.05) is 11.6 Å². The van der Waals surface area contributed by atoms with Crippen molar-refractivity contribution >= 4 is 22.5 Å². The number of hydrogen-bond acceptors (Lipinski definition) is 4. The maximum Gasteiger partial charge on any atom is 0.416 e. The van der Waals surface area contributed by atoms with Crippen molar-refractivity contribution in [3.8, 4) is 5.75 Å². The SMILES string of the molecule is COCCOc1ccc(C(F)(F)F)cc1NC(=O)c1cc(C)nc2ccc(C)cc12. The van der Waals surface area contributed by atoms with Gasteiger partial charge in [-0.25, -0.2) is 0 Å². The third-order valence-corrected chi connectivity index (χ3v) is 4.44. The van der Waals surface area contributed by atoms with Gasteiger partial charge in [-0.3, -0.25) is 9.78 Å². The van der Waals surface area contributed by atoms with Crippen molar-refractivity contribution in [3.63, 3.8) is 0 Å². The standard InChI is InChI=1S/C22H21F3N2O3/c1-13-4-6-18-16(10-13)17(11-14(2)26-18)21(28)27-19-12-15(22(23,24)25)5-7-20(19)30-9-8-29-3/h4-7,10-12H,8-9H2,1-3H3,(H,27,28). The molecule has 5 nitrogen and oxygen atoms in total. The van der Waals surface area contributed by atoms with Crippen molar-refractivity contribution in [3.05, 3.63) is 64.8 Å². The maximum absolute atomic E-state index is 13.2. The van der Waals surface area contributed by atoms with Crippen molar-refractivity contribution in [2.75, 3.05) is 25.6 Å².